The minimum Gasteiger partial charge on any atom is -0.480 e. The van der Waals surface area contributed by atoms with E-state index in [0.29, 0.717) is 6.54 Å². The molecule has 2 aromatic rings. The first-order chi connectivity index (χ1) is 10.5. The molecule has 1 unspecified atom stereocenters. The number of carboxylic acids is 1. The van der Waals surface area contributed by atoms with Gasteiger partial charge in [-0.1, -0.05) is 42.0 Å². The van der Waals surface area contributed by atoms with Crippen LogP contribution in [0.25, 0.3) is 0 Å². The van der Waals surface area contributed by atoms with Crippen molar-refractivity contribution in [2.75, 3.05) is 19.0 Å². The zero-order valence-electron chi connectivity index (χ0n) is 13.2. The van der Waals surface area contributed by atoms with E-state index in [1.54, 1.807) is 0 Å². The number of rotatable bonds is 6. The highest BCUT2D eigenvalue weighted by Gasteiger charge is 2.19. The third-order valence-corrected chi connectivity index (χ3v) is 3.62. The van der Waals surface area contributed by atoms with E-state index in [1.807, 2.05) is 74.4 Å². The van der Waals surface area contributed by atoms with E-state index in [0.717, 1.165) is 16.8 Å². The highest BCUT2D eigenvalue weighted by Crippen LogP contribution is 2.19. The van der Waals surface area contributed by atoms with Gasteiger partial charge in [0.2, 0.25) is 0 Å². The fourth-order valence-corrected chi connectivity index (χ4v) is 2.24. The van der Waals surface area contributed by atoms with Gasteiger partial charge in [-0.3, -0.25) is 10.1 Å². The fourth-order valence-electron chi connectivity index (χ4n) is 2.24. The fraction of sp³-hybridized carbons (Fsp3) is 0.278. The average Bonchev–Trinajstić information content (AvgIpc) is 2.49. The summed E-state index contributed by atoms with van der Waals surface area (Å²) >= 11 is 0. The highest BCUT2D eigenvalue weighted by atomic mass is 16.4. The maximum Gasteiger partial charge on any atom is 0.325 e. The van der Waals surface area contributed by atoms with E-state index < -0.39 is 12.0 Å². The molecule has 0 saturated carbocycles. The lowest BCUT2D eigenvalue weighted by Gasteiger charge is -2.17. The molecule has 4 heteroatoms. The number of benzene rings is 2. The Balaban J connectivity index is 2.09. The predicted octanol–water partition coefficient (Wildman–Crippen LogP) is 2.98. The van der Waals surface area contributed by atoms with E-state index >= 15 is 0 Å². The van der Waals surface area contributed by atoms with Crippen molar-refractivity contribution in [3.8, 4) is 0 Å². The summed E-state index contributed by atoms with van der Waals surface area (Å²) in [6.07, 6.45) is 0. The van der Waals surface area contributed by atoms with Gasteiger partial charge < -0.3 is 10.0 Å². The molecule has 116 valence electrons. The number of aliphatic carboxylic acids is 1. The zero-order chi connectivity index (χ0) is 16.1. The second kappa shape index (κ2) is 7.09. The molecular weight excluding hydrogens is 276 g/mol. The molecule has 0 amide bonds. The molecular formula is C18H22N2O2. The van der Waals surface area contributed by atoms with Gasteiger partial charge in [0, 0.05) is 26.3 Å². The SMILES string of the molecule is Cc1ccc(CNC(C(=O)O)c2ccc(N(C)C)cc2)cc1. The van der Waals surface area contributed by atoms with Crippen molar-refractivity contribution in [2.24, 2.45) is 0 Å². The molecule has 0 fully saturated rings. The van der Waals surface area contributed by atoms with Gasteiger partial charge in [0.15, 0.2) is 0 Å². The molecule has 0 aliphatic carbocycles. The van der Waals surface area contributed by atoms with E-state index in [9.17, 15) is 9.90 Å². The van der Waals surface area contributed by atoms with E-state index in [-0.39, 0.29) is 0 Å². The molecule has 0 spiro atoms. The largest absolute Gasteiger partial charge is 0.480 e. The van der Waals surface area contributed by atoms with Crippen LogP contribution < -0.4 is 10.2 Å². The van der Waals surface area contributed by atoms with Crippen molar-refractivity contribution < 1.29 is 9.90 Å². The lowest BCUT2D eigenvalue weighted by Crippen LogP contribution is -2.28. The molecule has 2 N–H and O–H groups in total. The van der Waals surface area contributed by atoms with E-state index in [2.05, 4.69) is 5.32 Å². The minimum absolute atomic E-state index is 0.521. The van der Waals surface area contributed by atoms with Crippen LogP contribution in [0.1, 0.15) is 22.7 Å². The molecule has 4 nitrogen and oxygen atoms in total. The predicted molar refractivity (Wildman–Crippen MR) is 89.2 cm³/mol. The lowest BCUT2D eigenvalue weighted by molar-refractivity contribution is -0.139. The molecule has 2 rings (SSSR count). The van der Waals surface area contributed by atoms with E-state index in [4.69, 9.17) is 0 Å². The number of anilines is 1. The Morgan fingerprint density at radius 1 is 1.09 bits per heavy atom. The minimum atomic E-state index is -0.871. The normalized spacial score (nSPS) is 12.0. The second-order valence-corrected chi connectivity index (χ2v) is 5.62. The summed E-state index contributed by atoms with van der Waals surface area (Å²) in [6.45, 7) is 2.55. The Kier molecular flexibility index (Phi) is 5.17. The Bertz CT molecular complexity index is 619. The van der Waals surface area contributed by atoms with E-state index in [1.165, 1.54) is 5.56 Å². The first-order valence-corrected chi connectivity index (χ1v) is 7.26. The Morgan fingerprint density at radius 2 is 1.68 bits per heavy atom. The summed E-state index contributed by atoms with van der Waals surface area (Å²) < 4.78 is 0. The second-order valence-electron chi connectivity index (χ2n) is 5.62. The Labute approximate surface area is 131 Å². The van der Waals surface area contributed by atoms with Crippen LogP contribution in [0.5, 0.6) is 0 Å². The van der Waals surface area contributed by atoms with Crippen LogP contribution in [0.15, 0.2) is 48.5 Å². The number of aryl methyl sites for hydroxylation is 1. The van der Waals surface area contributed by atoms with Gasteiger partial charge in [0.25, 0.3) is 0 Å². The van der Waals surface area contributed by atoms with Gasteiger partial charge in [-0.25, -0.2) is 0 Å². The first kappa shape index (κ1) is 16.0. The Morgan fingerprint density at radius 3 is 2.18 bits per heavy atom. The summed E-state index contributed by atoms with van der Waals surface area (Å²) in [5, 5.41) is 12.6. The summed E-state index contributed by atoms with van der Waals surface area (Å²) in [7, 11) is 3.92. The monoisotopic (exact) mass is 298 g/mol. The van der Waals surface area contributed by atoms with Crippen LogP contribution in [-0.4, -0.2) is 25.2 Å². The van der Waals surface area contributed by atoms with Crippen molar-refractivity contribution in [1.29, 1.82) is 0 Å². The number of carboxylic acid groups (broad SMARTS) is 1. The van der Waals surface area contributed by atoms with Crippen LogP contribution in [0.4, 0.5) is 5.69 Å². The summed E-state index contributed by atoms with van der Waals surface area (Å²) in [5.41, 5.74) is 4.07. The molecule has 0 radical (unpaired) electrons. The first-order valence-electron chi connectivity index (χ1n) is 7.26. The Hall–Kier alpha value is -2.33. The molecule has 0 aliphatic rings. The molecule has 0 aromatic heterocycles. The topological polar surface area (TPSA) is 52.6 Å². The van der Waals surface area contributed by atoms with Gasteiger partial charge in [-0.05, 0) is 30.2 Å². The molecule has 0 bridgehead atoms. The quantitative estimate of drug-likeness (QED) is 0.861. The van der Waals surface area contributed by atoms with Crippen LogP contribution in [0.2, 0.25) is 0 Å². The van der Waals surface area contributed by atoms with Gasteiger partial charge >= 0.3 is 5.97 Å². The smallest absolute Gasteiger partial charge is 0.325 e. The molecule has 0 saturated heterocycles. The van der Waals surface area contributed by atoms with Crippen LogP contribution in [0, 0.1) is 6.92 Å². The molecule has 2 aromatic carbocycles. The average molecular weight is 298 g/mol. The third kappa shape index (κ3) is 4.09. The maximum atomic E-state index is 11.5. The lowest BCUT2D eigenvalue weighted by atomic mass is 10.1. The number of nitrogens with zero attached hydrogens (tertiary/aromatic N) is 1. The maximum absolute atomic E-state index is 11.5. The van der Waals surface area contributed by atoms with Crippen molar-refractivity contribution in [1.82, 2.24) is 5.32 Å². The van der Waals surface area contributed by atoms with Crippen LogP contribution >= 0.6 is 0 Å². The summed E-state index contributed by atoms with van der Waals surface area (Å²) in [6, 6.07) is 14.9. The molecule has 22 heavy (non-hydrogen) atoms. The van der Waals surface area contributed by atoms with Gasteiger partial charge in [-0.2, -0.15) is 0 Å². The van der Waals surface area contributed by atoms with Crippen molar-refractivity contribution >= 4 is 11.7 Å². The van der Waals surface area contributed by atoms with Crippen molar-refractivity contribution in [2.45, 2.75) is 19.5 Å². The zero-order valence-corrected chi connectivity index (χ0v) is 13.2. The highest BCUT2D eigenvalue weighted by molar-refractivity contribution is 5.75. The third-order valence-electron chi connectivity index (χ3n) is 3.62. The number of carbonyl (C=O) groups is 1. The number of nitrogens with one attached hydrogen (secondary N) is 1. The van der Waals surface area contributed by atoms with Gasteiger partial charge in [0.1, 0.15) is 6.04 Å². The summed E-state index contributed by atoms with van der Waals surface area (Å²) in [5.74, 6) is -0.871. The van der Waals surface area contributed by atoms with Gasteiger partial charge in [0.05, 0.1) is 0 Å². The van der Waals surface area contributed by atoms with Crippen LogP contribution in [-0.2, 0) is 11.3 Å². The molecule has 0 heterocycles. The molecule has 1 atom stereocenters. The number of hydrogen-bond donors (Lipinski definition) is 2. The standard InChI is InChI=1S/C18H22N2O2/c1-13-4-6-14(7-5-13)12-19-17(18(21)22)15-8-10-16(11-9-15)20(2)3/h4-11,17,19H,12H2,1-3H3,(H,21,22). The van der Waals surface area contributed by atoms with Crippen molar-refractivity contribution in [3.05, 3.63) is 65.2 Å². The van der Waals surface area contributed by atoms with Crippen LogP contribution in [0.3, 0.4) is 0 Å². The summed E-state index contributed by atoms with van der Waals surface area (Å²) in [4.78, 5) is 13.5. The molecule has 0 aliphatic heterocycles. The van der Waals surface area contributed by atoms with Crippen molar-refractivity contribution in [3.63, 3.8) is 0 Å². The van der Waals surface area contributed by atoms with Gasteiger partial charge in [-0.15, -0.1) is 0 Å². The number of hydrogen-bond acceptors (Lipinski definition) is 3.